The summed E-state index contributed by atoms with van der Waals surface area (Å²) in [4.78, 5) is 14.2. The number of hydrogen-bond acceptors (Lipinski definition) is 5. The number of anilines is 1. The van der Waals surface area contributed by atoms with Gasteiger partial charge in [-0.2, -0.15) is 0 Å². The molecule has 1 saturated heterocycles. The number of nitrogens with two attached hydrogens (primary N) is 1. The van der Waals surface area contributed by atoms with E-state index >= 15 is 0 Å². The number of amides is 1. The summed E-state index contributed by atoms with van der Waals surface area (Å²) in [5, 5.41) is 1.95. The third-order valence-electron chi connectivity index (χ3n) is 3.69. The van der Waals surface area contributed by atoms with E-state index in [-0.39, 0.29) is 5.91 Å². The minimum absolute atomic E-state index is 0.126. The van der Waals surface area contributed by atoms with E-state index < -0.39 is 0 Å². The molecule has 0 bridgehead atoms. The van der Waals surface area contributed by atoms with Gasteiger partial charge in [0, 0.05) is 32.3 Å². The van der Waals surface area contributed by atoms with Crippen LogP contribution in [0.15, 0.2) is 24.3 Å². The highest BCUT2D eigenvalue weighted by atomic mass is 16.5. The summed E-state index contributed by atoms with van der Waals surface area (Å²) < 4.78 is 5.54. The number of hydrazine groups is 1. The fourth-order valence-electron chi connectivity index (χ4n) is 2.30. The number of carbonyl (C=O) groups is 1. The lowest BCUT2D eigenvalue weighted by Crippen LogP contribution is -2.52. The van der Waals surface area contributed by atoms with Gasteiger partial charge in [-0.05, 0) is 37.2 Å². The van der Waals surface area contributed by atoms with Crippen molar-refractivity contribution < 1.29 is 9.53 Å². The standard InChI is InChI=1S/C17H26N4O2/c1-3-12-23-16-6-4-14(13-15(16)18)5-7-17(22)19-21-10-8-20(2)9-11-21/h4-7,13H,3,8-12,18H2,1-2H3,(H,19,22)/b7-5-. The third-order valence-corrected chi connectivity index (χ3v) is 3.69. The molecular formula is C17H26N4O2. The summed E-state index contributed by atoms with van der Waals surface area (Å²) in [5.41, 5.74) is 10.3. The number of nitrogens with zero attached hydrogens (tertiary/aromatic N) is 2. The van der Waals surface area contributed by atoms with Gasteiger partial charge >= 0.3 is 0 Å². The van der Waals surface area contributed by atoms with Crippen LogP contribution in [0.4, 0.5) is 5.69 Å². The number of benzene rings is 1. The van der Waals surface area contributed by atoms with Gasteiger partial charge in [-0.15, -0.1) is 0 Å². The van der Waals surface area contributed by atoms with Gasteiger partial charge in [0.2, 0.25) is 0 Å². The number of ether oxygens (including phenoxy) is 1. The molecular weight excluding hydrogens is 292 g/mol. The molecule has 1 aliphatic rings. The van der Waals surface area contributed by atoms with Gasteiger partial charge in [0.25, 0.3) is 5.91 Å². The molecule has 0 atom stereocenters. The molecule has 0 unspecified atom stereocenters. The van der Waals surface area contributed by atoms with Crippen LogP contribution in [0.1, 0.15) is 18.9 Å². The van der Waals surface area contributed by atoms with Gasteiger partial charge in [-0.1, -0.05) is 13.0 Å². The van der Waals surface area contributed by atoms with Gasteiger partial charge in [-0.25, -0.2) is 5.01 Å². The lowest BCUT2D eigenvalue weighted by atomic mass is 10.1. The zero-order valence-corrected chi connectivity index (χ0v) is 13.9. The molecule has 3 N–H and O–H groups in total. The van der Waals surface area contributed by atoms with Gasteiger partial charge in [0.15, 0.2) is 0 Å². The van der Waals surface area contributed by atoms with Crippen molar-refractivity contribution >= 4 is 17.7 Å². The summed E-state index contributed by atoms with van der Waals surface area (Å²) in [6.45, 7) is 6.29. The third kappa shape index (κ3) is 5.58. The average molecular weight is 318 g/mol. The van der Waals surface area contributed by atoms with Crippen molar-refractivity contribution in [3.05, 3.63) is 29.8 Å². The molecule has 0 radical (unpaired) electrons. The van der Waals surface area contributed by atoms with Crippen molar-refractivity contribution in [2.24, 2.45) is 0 Å². The van der Waals surface area contributed by atoms with E-state index in [0.717, 1.165) is 38.2 Å². The first-order valence-corrected chi connectivity index (χ1v) is 8.03. The van der Waals surface area contributed by atoms with Crippen molar-refractivity contribution in [3.63, 3.8) is 0 Å². The van der Waals surface area contributed by atoms with Crippen molar-refractivity contribution in [3.8, 4) is 5.75 Å². The van der Waals surface area contributed by atoms with Crippen LogP contribution in [-0.2, 0) is 4.79 Å². The van der Waals surface area contributed by atoms with E-state index in [1.54, 1.807) is 6.08 Å². The maximum Gasteiger partial charge on any atom is 0.258 e. The molecule has 6 heteroatoms. The van der Waals surface area contributed by atoms with Crippen LogP contribution in [0.2, 0.25) is 0 Å². The molecule has 0 aliphatic carbocycles. The van der Waals surface area contributed by atoms with Crippen LogP contribution < -0.4 is 15.9 Å². The molecule has 23 heavy (non-hydrogen) atoms. The second kappa shape index (κ2) is 8.55. The Kier molecular flexibility index (Phi) is 6.43. The normalized spacial score (nSPS) is 16.6. The lowest BCUT2D eigenvalue weighted by molar-refractivity contribution is -0.121. The Morgan fingerprint density at radius 2 is 2.09 bits per heavy atom. The number of hydrogen-bond donors (Lipinski definition) is 2. The molecule has 1 amide bonds. The van der Waals surface area contributed by atoms with E-state index in [1.165, 1.54) is 6.08 Å². The summed E-state index contributed by atoms with van der Waals surface area (Å²) in [6.07, 6.45) is 4.22. The fourth-order valence-corrected chi connectivity index (χ4v) is 2.30. The van der Waals surface area contributed by atoms with Gasteiger partial charge < -0.3 is 15.4 Å². The molecule has 1 aromatic rings. The van der Waals surface area contributed by atoms with E-state index in [1.807, 2.05) is 30.1 Å². The molecule has 1 aliphatic heterocycles. The maximum absolute atomic E-state index is 12.0. The van der Waals surface area contributed by atoms with Crippen LogP contribution in [0.3, 0.4) is 0 Å². The van der Waals surface area contributed by atoms with E-state index in [4.69, 9.17) is 10.5 Å². The summed E-state index contributed by atoms with van der Waals surface area (Å²) in [6, 6.07) is 5.54. The second-order valence-corrected chi connectivity index (χ2v) is 5.75. The Bertz CT molecular complexity index is 552. The quantitative estimate of drug-likeness (QED) is 0.612. The second-order valence-electron chi connectivity index (χ2n) is 5.75. The summed E-state index contributed by atoms with van der Waals surface area (Å²) in [7, 11) is 2.08. The molecule has 126 valence electrons. The predicted octanol–water partition coefficient (Wildman–Crippen LogP) is 1.35. The van der Waals surface area contributed by atoms with Crippen LogP contribution >= 0.6 is 0 Å². The molecule has 0 aromatic heterocycles. The fraction of sp³-hybridized carbons (Fsp3) is 0.471. The summed E-state index contributed by atoms with van der Waals surface area (Å²) in [5.74, 6) is 0.560. The van der Waals surface area contributed by atoms with Crippen LogP contribution in [0.25, 0.3) is 6.08 Å². The first-order chi connectivity index (χ1) is 11.1. The van der Waals surface area contributed by atoms with Gasteiger partial charge in [0.1, 0.15) is 5.75 Å². The van der Waals surface area contributed by atoms with E-state index in [0.29, 0.717) is 18.0 Å². The topological polar surface area (TPSA) is 70.8 Å². The molecule has 1 aromatic carbocycles. The highest BCUT2D eigenvalue weighted by molar-refractivity contribution is 5.91. The van der Waals surface area contributed by atoms with Crippen LogP contribution in [-0.4, -0.2) is 55.6 Å². The molecule has 6 nitrogen and oxygen atoms in total. The van der Waals surface area contributed by atoms with E-state index in [2.05, 4.69) is 17.4 Å². The summed E-state index contributed by atoms with van der Waals surface area (Å²) >= 11 is 0. The van der Waals surface area contributed by atoms with Gasteiger partial charge in [0.05, 0.1) is 12.3 Å². The van der Waals surface area contributed by atoms with Crippen molar-refractivity contribution in [1.29, 1.82) is 0 Å². The van der Waals surface area contributed by atoms with Crippen LogP contribution in [0.5, 0.6) is 5.75 Å². The SMILES string of the molecule is CCCOc1ccc(/C=C\C(=O)NN2CCN(C)CC2)cc1N. The number of piperazine rings is 1. The predicted molar refractivity (Wildman–Crippen MR) is 92.9 cm³/mol. The average Bonchev–Trinajstić information content (AvgIpc) is 2.54. The first-order valence-electron chi connectivity index (χ1n) is 8.03. The zero-order chi connectivity index (χ0) is 16.7. The Hall–Kier alpha value is -2.05. The zero-order valence-electron chi connectivity index (χ0n) is 13.9. The largest absolute Gasteiger partial charge is 0.491 e. The molecule has 0 spiro atoms. The highest BCUT2D eigenvalue weighted by Crippen LogP contribution is 2.23. The Labute approximate surface area is 137 Å². The van der Waals surface area contributed by atoms with Crippen molar-refractivity contribution in [2.75, 3.05) is 45.6 Å². The minimum atomic E-state index is -0.126. The van der Waals surface area contributed by atoms with Crippen molar-refractivity contribution in [1.82, 2.24) is 15.3 Å². The smallest absolute Gasteiger partial charge is 0.258 e. The van der Waals surface area contributed by atoms with Gasteiger partial charge in [-0.3, -0.25) is 10.2 Å². The minimum Gasteiger partial charge on any atom is -0.491 e. The van der Waals surface area contributed by atoms with Crippen LogP contribution in [0, 0.1) is 0 Å². The number of nitrogens with one attached hydrogen (secondary N) is 1. The lowest BCUT2D eigenvalue weighted by Gasteiger charge is -2.31. The number of carbonyl (C=O) groups excluding carboxylic acids is 1. The molecule has 0 saturated carbocycles. The number of rotatable bonds is 6. The Morgan fingerprint density at radius 1 is 1.35 bits per heavy atom. The molecule has 2 rings (SSSR count). The maximum atomic E-state index is 12.0. The molecule has 1 fully saturated rings. The van der Waals surface area contributed by atoms with Crippen molar-refractivity contribution in [2.45, 2.75) is 13.3 Å². The highest BCUT2D eigenvalue weighted by Gasteiger charge is 2.14. The Morgan fingerprint density at radius 3 is 2.74 bits per heavy atom. The monoisotopic (exact) mass is 318 g/mol. The number of likely N-dealkylation sites (N-methyl/N-ethyl adjacent to an activating group) is 1. The number of nitrogen functional groups attached to an aromatic ring is 1. The Balaban J connectivity index is 1.86. The molecule has 1 heterocycles. The van der Waals surface area contributed by atoms with E-state index in [9.17, 15) is 4.79 Å². The first kappa shape index (κ1) is 17.3.